The first-order valence-electron chi connectivity index (χ1n) is 9.68. The van der Waals surface area contributed by atoms with Gasteiger partial charge >= 0.3 is 0 Å². The second-order valence-electron chi connectivity index (χ2n) is 7.05. The van der Waals surface area contributed by atoms with E-state index in [1.807, 2.05) is 111 Å². The number of hydrogen-bond donors (Lipinski definition) is 0. The summed E-state index contributed by atoms with van der Waals surface area (Å²) in [4.78, 5) is 1.44. The van der Waals surface area contributed by atoms with Crippen LogP contribution in [0.4, 0.5) is 0 Å². The summed E-state index contributed by atoms with van der Waals surface area (Å²) in [6, 6.07) is 30.4. The van der Waals surface area contributed by atoms with Crippen molar-refractivity contribution >= 4 is 10.8 Å². The Kier molecular flexibility index (Phi) is 5.96. The lowest BCUT2D eigenvalue weighted by molar-refractivity contribution is 0.481. The van der Waals surface area contributed by atoms with Crippen LogP contribution in [-0.4, -0.2) is 4.21 Å². The fourth-order valence-corrected chi connectivity index (χ4v) is 4.07. The van der Waals surface area contributed by atoms with Gasteiger partial charge in [0.2, 0.25) is 0 Å². The minimum atomic E-state index is -1.27. The van der Waals surface area contributed by atoms with E-state index >= 15 is 0 Å². The molecule has 0 amide bonds. The lowest BCUT2D eigenvalue weighted by atomic mass is 10.2. The van der Waals surface area contributed by atoms with Crippen LogP contribution in [0.1, 0.15) is 11.1 Å². The van der Waals surface area contributed by atoms with Gasteiger partial charge in [-0.25, -0.2) is 4.21 Å². The van der Waals surface area contributed by atoms with E-state index in [0.717, 1.165) is 32.4 Å². The number of ether oxygens (including phenoxy) is 2. The van der Waals surface area contributed by atoms with Gasteiger partial charge in [-0.2, -0.15) is 0 Å². The smallest absolute Gasteiger partial charge is 0.127 e. The van der Waals surface area contributed by atoms with E-state index in [1.165, 1.54) is 0 Å². The highest BCUT2D eigenvalue weighted by atomic mass is 32.2. The fraction of sp³-hybridized carbons (Fsp3) is 0.0769. The number of rotatable bonds is 6. The summed E-state index contributed by atoms with van der Waals surface area (Å²) in [5.74, 6) is 2.99. The van der Waals surface area contributed by atoms with Crippen LogP contribution in [0, 0.1) is 13.8 Å². The lowest BCUT2D eigenvalue weighted by Crippen LogP contribution is -1.93. The Morgan fingerprint density at radius 1 is 0.533 bits per heavy atom. The number of benzene rings is 4. The van der Waals surface area contributed by atoms with Crippen LogP contribution >= 0.6 is 0 Å². The molecule has 4 rings (SSSR count). The van der Waals surface area contributed by atoms with Gasteiger partial charge in [0.15, 0.2) is 0 Å². The average Bonchev–Trinajstić information content (AvgIpc) is 2.74. The average molecular weight is 415 g/mol. The zero-order valence-electron chi connectivity index (χ0n) is 16.9. The highest BCUT2D eigenvalue weighted by Crippen LogP contribution is 2.27. The molecule has 150 valence electrons. The van der Waals surface area contributed by atoms with Crippen molar-refractivity contribution in [2.45, 2.75) is 23.6 Å². The Morgan fingerprint density at radius 2 is 0.933 bits per heavy atom. The molecule has 0 spiro atoms. The first kappa shape index (κ1) is 19.9. The molecule has 4 aromatic rings. The van der Waals surface area contributed by atoms with Gasteiger partial charge in [-0.15, -0.1) is 0 Å². The molecule has 0 aliphatic rings. The third kappa shape index (κ3) is 4.97. The Morgan fingerprint density at radius 3 is 1.30 bits per heavy atom. The summed E-state index contributed by atoms with van der Waals surface area (Å²) in [5, 5.41) is 0. The molecule has 0 saturated heterocycles. The number of aryl methyl sites for hydroxylation is 2. The third-order valence-corrected chi connectivity index (χ3v) is 5.93. The van der Waals surface area contributed by atoms with Crippen molar-refractivity contribution in [3.63, 3.8) is 0 Å². The van der Waals surface area contributed by atoms with Crippen LogP contribution < -0.4 is 9.47 Å². The molecule has 0 bridgehead atoms. The molecule has 4 aromatic carbocycles. The zero-order valence-corrected chi connectivity index (χ0v) is 17.7. The van der Waals surface area contributed by atoms with E-state index < -0.39 is 10.8 Å². The predicted octanol–water partition coefficient (Wildman–Crippen LogP) is 7.05. The van der Waals surface area contributed by atoms with Crippen LogP contribution in [0.5, 0.6) is 23.0 Å². The maximum atomic E-state index is 12.9. The molecule has 0 saturated carbocycles. The Hall–Kier alpha value is -3.37. The minimum absolute atomic E-state index is 0.711. The van der Waals surface area contributed by atoms with Crippen molar-refractivity contribution in [2.24, 2.45) is 0 Å². The summed E-state index contributed by atoms with van der Waals surface area (Å²) in [5.41, 5.74) is 2.28. The molecule has 0 aromatic heterocycles. The van der Waals surface area contributed by atoms with Gasteiger partial charge in [-0.05, 0) is 97.8 Å². The molecule has 0 atom stereocenters. The predicted molar refractivity (Wildman–Crippen MR) is 120 cm³/mol. The second-order valence-corrected chi connectivity index (χ2v) is 8.53. The molecule has 0 unspecified atom stereocenters. The molecule has 0 aliphatic heterocycles. The van der Waals surface area contributed by atoms with Crippen molar-refractivity contribution in [1.29, 1.82) is 0 Å². The van der Waals surface area contributed by atoms with Gasteiger partial charge in [0.05, 0.1) is 10.8 Å². The molecule has 0 radical (unpaired) electrons. The van der Waals surface area contributed by atoms with E-state index in [9.17, 15) is 4.21 Å². The summed E-state index contributed by atoms with van der Waals surface area (Å²) in [6.07, 6.45) is 0. The summed E-state index contributed by atoms with van der Waals surface area (Å²) >= 11 is 0. The van der Waals surface area contributed by atoms with Crippen LogP contribution in [0.3, 0.4) is 0 Å². The summed E-state index contributed by atoms with van der Waals surface area (Å²) in [7, 11) is -1.27. The van der Waals surface area contributed by atoms with E-state index in [4.69, 9.17) is 9.47 Å². The van der Waals surface area contributed by atoms with Crippen molar-refractivity contribution in [3.05, 3.63) is 108 Å². The van der Waals surface area contributed by atoms with Gasteiger partial charge < -0.3 is 9.47 Å². The molecule has 4 heteroatoms. The maximum Gasteiger partial charge on any atom is 0.127 e. The van der Waals surface area contributed by atoms with Crippen molar-refractivity contribution < 1.29 is 13.7 Å². The summed E-state index contributed by atoms with van der Waals surface area (Å²) < 4.78 is 24.6. The first-order valence-corrected chi connectivity index (χ1v) is 10.8. The van der Waals surface area contributed by atoms with Gasteiger partial charge in [-0.3, -0.25) is 0 Å². The largest absolute Gasteiger partial charge is 0.457 e. The van der Waals surface area contributed by atoms with Crippen LogP contribution in [0.25, 0.3) is 0 Å². The van der Waals surface area contributed by atoms with Crippen molar-refractivity contribution in [2.75, 3.05) is 0 Å². The van der Waals surface area contributed by atoms with Gasteiger partial charge in [0.1, 0.15) is 23.0 Å². The van der Waals surface area contributed by atoms with Gasteiger partial charge in [0.25, 0.3) is 0 Å². The monoisotopic (exact) mass is 414 g/mol. The SMILES string of the molecule is Cc1cccc(Oc2ccc(S(=O)c3ccc(Oc4cccc(C)c4)cc3)cc2)c1. The fourth-order valence-electron chi connectivity index (χ4n) is 3.03. The normalized spacial score (nSPS) is 10.8. The van der Waals surface area contributed by atoms with Crippen LogP contribution in [0.2, 0.25) is 0 Å². The topological polar surface area (TPSA) is 35.5 Å². The molecular weight excluding hydrogens is 392 g/mol. The van der Waals surface area contributed by atoms with E-state index in [2.05, 4.69) is 0 Å². The Labute approximate surface area is 179 Å². The maximum absolute atomic E-state index is 12.9. The van der Waals surface area contributed by atoms with E-state index in [1.54, 1.807) is 0 Å². The standard InChI is InChI=1S/C26H22O3S/c1-19-5-3-7-23(17-19)28-21-9-13-25(14-10-21)30(27)26-15-11-22(12-16-26)29-24-8-4-6-20(2)18-24/h3-18H,1-2H3. The second kappa shape index (κ2) is 8.97. The molecule has 0 heterocycles. The highest BCUT2D eigenvalue weighted by Gasteiger charge is 2.09. The molecule has 0 aliphatic carbocycles. The molecule has 0 N–H and O–H groups in total. The molecular formula is C26H22O3S. The van der Waals surface area contributed by atoms with Crippen molar-refractivity contribution in [1.82, 2.24) is 0 Å². The molecule has 3 nitrogen and oxygen atoms in total. The third-order valence-electron chi connectivity index (χ3n) is 4.53. The van der Waals surface area contributed by atoms with Crippen molar-refractivity contribution in [3.8, 4) is 23.0 Å². The minimum Gasteiger partial charge on any atom is -0.457 e. The summed E-state index contributed by atoms with van der Waals surface area (Å²) in [6.45, 7) is 4.05. The van der Waals surface area contributed by atoms with E-state index in [-0.39, 0.29) is 0 Å². The quantitative estimate of drug-likeness (QED) is 0.339. The van der Waals surface area contributed by atoms with Crippen LogP contribution in [-0.2, 0) is 10.8 Å². The molecule has 0 fully saturated rings. The zero-order chi connectivity index (χ0) is 20.9. The lowest BCUT2D eigenvalue weighted by Gasteiger charge is -2.09. The van der Waals surface area contributed by atoms with Gasteiger partial charge in [0, 0.05) is 9.79 Å². The Bertz CT molecular complexity index is 1070. The highest BCUT2D eigenvalue weighted by molar-refractivity contribution is 7.85. The van der Waals surface area contributed by atoms with Gasteiger partial charge in [-0.1, -0.05) is 24.3 Å². The molecule has 30 heavy (non-hydrogen) atoms. The Balaban J connectivity index is 1.43. The number of hydrogen-bond acceptors (Lipinski definition) is 3. The van der Waals surface area contributed by atoms with Crippen LogP contribution in [0.15, 0.2) is 107 Å². The first-order chi connectivity index (χ1) is 14.6. The van der Waals surface area contributed by atoms with E-state index in [0.29, 0.717) is 11.5 Å².